The summed E-state index contributed by atoms with van der Waals surface area (Å²) in [6.07, 6.45) is 82.2. The fraction of sp³-hybridized carbons (Fsp3) is 0.873. The van der Waals surface area contributed by atoms with Gasteiger partial charge in [0.15, 0.2) is 6.10 Å². The van der Waals surface area contributed by atoms with E-state index in [1.807, 2.05) is 0 Å². The van der Waals surface area contributed by atoms with Gasteiger partial charge in [0.05, 0.1) is 0 Å². The number of carbonyl (C=O) groups excluding carboxylic acids is 3. The van der Waals surface area contributed by atoms with Crippen LogP contribution in [0.2, 0.25) is 0 Å². The van der Waals surface area contributed by atoms with E-state index in [2.05, 4.69) is 57.2 Å². The Kier molecular flexibility index (Phi) is 64.1. The maximum Gasteiger partial charge on any atom is 0.306 e. The number of esters is 3. The summed E-state index contributed by atoms with van der Waals surface area (Å²) in [7, 11) is 0. The van der Waals surface area contributed by atoms with E-state index in [4.69, 9.17) is 14.2 Å². The van der Waals surface area contributed by atoms with Crippen molar-refractivity contribution in [2.45, 2.75) is 386 Å². The normalized spacial score (nSPS) is 12.2. The molecule has 0 radical (unpaired) electrons. The Bertz CT molecular complexity index is 1290. The first-order valence-corrected chi connectivity index (χ1v) is 34.5. The third-order valence-corrected chi connectivity index (χ3v) is 15.6. The Balaban J connectivity index is 3.92. The molecule has 0 saturated heterocycles. The number of ether oxygens (including phenoxy) is 3. The van der Waals surface area contributed by atoms with Crippen LogP contribution in [0.15, 0.2) is 36.5 Å². The first-order chi connectivity index (χ1) is 38.0. The Morgan fingerprint density at radius 2 is 0.468 bits per heavy atom. The zero-order valence-electron chi connectivity index (χ0n) is 52.0. The molecule has 0 aliphatic rings. The summed E-state index contributed by atoms with van der Waals surface area (Å²) in [6, 6.07) is 0. The Morgan fingerprint density at radius 3 is 0.753 bits per heavy atom. The molecule has 0 saturated carbocycles. The van der Waals surface area contributed by atoms with Gasteiger partial charge < -0.3 is 14.2 Å². The van der Waals surface area contributed by atoms with E-state index >= 15 is 0 Å². The van der Waals surface area contributed by atoms with Gasteiger partial charge in [-0.1, -0.05) is 320 Å². The minimum absolute atomic E-state index is 0.0707. The molecule has 0 spiro atoms. The highest BCUT2D eigenvalue weighted by atomic mass is 16.6. The van der Waals surface area contributed by atoms with Gasteiger partial charge in [0, 0.05) is 19.3 Å². The lowest BCUT2D eigenvalue weighted by Gasteiger charge is -2.18. The highest BCUT2D eigenvalue weighted by Gasteiger charge is 2.19. The van der Waals surface area contributed by atoms with Gasteiger partial charge in [-0.05, 0) is 77.0 Å². The molecule has 0 heterocycles. The summed E-state index contributed by atoms with van der Waals surface area (Å²) in [4.78, 5) is 38.1. The van der Waals surface area contributed by atoms with Crippen LogP contribution in [0.1, 0.15) is 380 Å². The van der Waals surface area contributed by atoms with Crippen LogP contribution >= 0.6 is 0 Å². The number of hydrogen-bond acceptors (Lipinski definition) is 6. The quantitative estimate of drug-likeness (QED) is 0.0261. The van der Waals surface area contributed by atoms with Gasteiger partial charge in [0.1, 0.15) is 13.2 Å². The molecule has 0 aliphatic heterocycles. The largest absolute Gasteiger partial charge is 0.462 e. The summed E-state index contributed by atoms with van der Waals surface area (Å²) < 4.78 is 16.8. The summed E-state index contributed by atoms with van der Waals surface area (Å²) >= 11 is 0. The van der Waals surface area contributed by atoms with Crippen molar-refractivity contribution in [2.24, 2.45) is 0 Å². The Hall–Kier alpha value is -2.37. The molecule has 0 aliphatic carbocycles. The minimum atomic E-state index is -0.771. The van der Waals surface area contributed by atoms with Gasteiger partial charge in [0.25, 0.3) is 0 Å². The van der Waals surface area contributed by atoms with Crippen LogP contribution in [0.25, 0.3) is 0 Å². The van der Waals surface area contributed by atoms with Crippen LogP contribution in [0.5, 0.6) is 0 Å². The van der Waals surface area contributed by atoms with Gasteiger partial charge in [-0.2, -0.15) is 0 Å². The number of unbranched alkanes of at least 4 members (excludes halogenated alkanes) is 47. The lowest BCUT2D eigenvalue weighted by atomic mass is 10.0. The summed E-state index contributed by atoms with van der Waals surface area (Å²) in [5.74, 6) is -0.864. The van der Waals surface area contributed by atoms with Gasteiger partial charge >= 0.3 is 17.9 Å². The molecule has 77 heavy (non-hydrogen) atoms. The van der Waals surface area contributed by atoms with Gasteiger partial charge in [0.2, 0.25) is 0 Å². The van der Waals surface area contributed by atoms with Gasteiger partial charge in [-0.3, -0.25) is 14.4 Å². The van der Waals surface area contributed by atoms with Gasteiger partial charge in [-0.15, -0.1) is 0 Å². The second kappa shape index (κ2) is 66.1. The average molecular weight is 1080 g/mol. The molecule has 6 nitrogen and oxygen atoms in total. The highest BCUT2D eigenvalue weighted by molar-refractivity contribution is 5.71. The minimum Gasteiger partial charge on any atom is -0.462 e. The molecule has 0 N–H and O–H groups in total. The van der Waals surface area contributed by atoms with Crippen molar-refractivity contribution in [2.75, 3.05) is 13.2 Å². The SMILES string of the molecule is CCCCC/C=C\C/C=C\CCCCCCCCCC(=O)OC(COC(=O)CCCCCCCCC)COC(=O)CCCCCCCCCCCCCCCCCCCCCCCCC/C=C\CCCCCCCCCC. The predicted molar refractivity (Wildman–Crippen MR) is 335 cm³/mol. The topological polar surface area (TPSA) is 78.9 Å². The molecular weight excluding hydrogens is 949 g/mol. The van der Waals surface area contributed by atoms with Crippen molar-refractivity contribution < 1.29 is 28.6 Å². The van der Waals surface area contributed by atoms with Crippen LogP contribution in [0.4, 0.5) is 0 Å². The zero-order chi connectivity index (χ0) is 55.7. The van der Waals surface area contributed by atoms with Crippen LogP contribution < -0.4 is 0 Å². The van der Waals surface area contributed by atoms with Crippen LogP contribution in [0.3, 0.4) is 0 Å². The first kappa shape index (κ1) is 74.6. The van der Waals surface area contributed by atoms with Crippen molar-refractivity contribution in [3.63, 3.8) is 0 Å². The molecule has 0 aromatic rings. The van der Waals surface area contributed by atoms with E-state index < -0.39 is 6.10 Å². The maximum atomic E-state index is 12.8. The number of rotatable bonds is 64. The standard InChI is InChI=1S/C71H132O6/c1-4-7-10-13-16-18-20-22-24-26-27-28-29-30-31-32-33-34-35-36-37-38-39-40-41-42-43-45-46-48-50-52-55-58-61-64-70(73)76-67-68(66-75-69(72)63-60-57-54-15-12-9-6-3)77-71(74)65-62-59-56-53-51-49-47-44-25-23-21-19-17-14-11-8-5-2/h17,19,23,25-27,68H,4-16,18,20-22,24,28-67H2,1-3H3/b19-17-,25-23-,27-26-. The maximum absolute atomic E-state index is 12.8. The third-order valence-electron chi connectivity index (χ3n) is 15.6. The molecule has 1 atom stereocenters. The van der Waals surface area contributed by atoms with Crippen LogP contribution in [-0.2, 0) is 28.6 Å². The molecule has 0 amide bonds. The Labute approximate surface area is 480 Å². The first-order valence-electron chi connectivity index (χ1n) is 34.5. The second-order valence-electron chi connectivity index (χ2n) is 23.4. The van der Waals surface area contributed by atoms with Crippen molar-refractivity contribution in [3.8, 4) is 0 Å². The van der Waals surface area contributed by atoms with Gasteiger partial charge in [-0.25, -0.2) is 0 Å². The van der Waals surface area contributed by atoms with E-state index in [0.29, 0.717) is 19.3 Å². The molecule has 0 bridgehead atoms. The Morgan fingerprint density at radius 1 is 0.260 bits per heavy atom. The summed E-state index contributed by atoms with van der Waals surface area (Å²) in [5.41, 5.74) is 0. The predicted octanol–water partition coefficient (Wildman–Crippen LogP) is 23.6. The van der Waals surface area contributed by atoms with Crippen molar-refractivity contribution in [1.29, 1.82) is 0 Å². The van der Waals surface area contributed by atoms with E-state index in [0.717, 1.165) is 70.6 Å². The van der Waals surface area contributed by atoms with Crippen LogP contribution in [0, 0.1) is 0 Å². The van der Waals surface area contributed by atoms with E-state index in [9.17, 15) is 14.4 Å². The highest BCUT2D eigenvalue weighted by Crippen LogP contribution is 2.18. The fourth-order valence-electron chi connectivity index (χ4n) is 10.4. The molecule has 6 heteroatoms. The number of allylic oxidation sites excluding steroid dienone is 6. The lowest BCUT2D eigenvalue weighted by Crippen LogP contribution is -2.30. The van der Waals surface area contributed by atoms with E-state index in [1.54, 1.807) is 0 Å². The van der Waals surface area contributed by atoms with Crippen molar-refractivity contribution in [3.05, 3.63) is 36.5 Å². The molecular formula is C71H132O6. The van der Waals surface area contributed by atoms with E-state index in [-0.39, 0.29) is 31.1 Å². The molecule has 452 valence electrons. The molecule has 0 fully saturated rings. The summed E-state index contributed by atoms with van der Waals surface area (Å²) in [6.45, 7) is 6.62. The molecule has 0 rings (SSSR count). The van der Waals surface area contributed by atoms with Crippen LogP contribution in [-0.4, -0.2) is 37.2 Å². The van der Waals surface area contributed by atoms with E-state index in [1.165, 1.54) is 270 Å². The smallest absolute Gasteiger partial charge is 0.306 e. The number of carbonyl (C=O) groups is 3. The van der Waals surface area contributed by atoms with Crippen molar-refractivity contribution >= 4 is 17.9 Å². The lowest BCUT2D eigenvalue weighted by molar-refractivity contribution is -0.167. The monoisotopic (exact) mass is 1080 g/mol. The average Bonchev–Trinajstić information content (AvgIpc) is 3.43. The third kappa shape index (κ3) is 64.3. The molecule has 0 aromatic heterocycles. The molecule has 1 unspecified atom stereocenters. The molecule has 0 aromatic carbocycles. The zero-order valence-corrected chi connectivity index (χ0v) is 52.0. The second-order valence-corrected chi connectivity index (χ2v) is 23.4. The fourth-order valence-corrected chi connectivity index (χ4v) is 10.4. The van der Waals surface area contributed by atoms with Crippen molar-refractivity contribution in [1.82, 2.24) is 0 Å². The number of hydrogen-bond donors (Lipinski definition) is 0. The summed E-state index contributed by atoms with van der Waals surface area (Å²) in [5, 5.41) is 0.